The number of fused-ring (bicyclic) bond motifs is 3. The lowest BCUT2D eigenvalue weighted by atomic mass is 9.87. The van der Waals surface area contributed by atoms with Crippen LogP contribution < -0.4 is 0 Å². The maximum absolute atomic E-state index is 12.9. The van der Waals surface area contributed by atoms with Crippen molar-refractivity contribution >= 4 is 28.0 Å². The van der Waals surface area contributed by atoms with Gasteiger partial charge in [-0.2, -0.15) is 5.26 Å². The van der Waals surface area contributed by atoms with Gasteiger partial charge in [0.05, 0.1) is 24.3 Å². The van der Waals surface area contributed by atoms with E-state index in [1.807, 2.05) is 64.1 Å². The number of rotatable bonds is 3. The molecule has 3 aromatic heterocycles. The minimum absolute atomic E-state index is 0.211. The van der Waals surface area contributed by atoms with Gasteiger partial charge in [-0.3, -0.25) is 4.79 Å². The number of β-amino-alcohol motifs (C(OH)–C–C–N with tert-alkyl or cyclic N) is 1. The van der Waals surface area contributed by atoms with Gasteiger partial charge in [-0.15, -0.1) is 0 Å². The third-order valence-corrected chi connectivity index (χ3v) is 7.19. The van der Waals surface area contributed by atoms with E-state index in [0.717, 1.165) is 40.0 Å². The van der Waals surface area contributed by atoms with E-state index in [1.54, 1.807) is 17.3 Å². The smallest absolute Gasteiger partial charge is 0.289 e. The topological polar surface area (TPSA) is 122 Å². The van der Waals surface area contributed by atoms with Gasteiger partial charge in [0.15, 0.2) is 5.82 Å². The number of nitrogens with one attached hydrogen (secondary N) is 2. The molecule has 1 aromatic carbocycles. The van der Waals surface area contributed by atoms with Crippen LogP contribution in [0.4, 0.5) is 0 Å². The van der Waals surface area contributed by atoms with E-state index in [-0.39, 0.29) is 18.3 Å². The minimum atomic E-state index is -1.02. The Morgan fingerprint density at radius 3 is 2.54 bits per heavy atom. The zero-order valence-electron chi connectivity index (χ0n) is 23.7. The molecule has 1 aliphatic carbocycles. The molecule has 2 fully saturated rings. The van der Waals surface area contributed by atoms with Crippen molar-refractivity contribution in [2.45, 2.75) is 78.2 Å². The molecule has 1 unspecified atom stereocenters. The van der Waals surface area contributed by atoms with Crippen molar-refractivity contribution in [3.8, 4) is 6.07 Å². The zero-order valence-corrected chi connectivity index (χ0v) is 23.7. The number of carbonyl (C=O) groups is 1. The van der Waals surface area contributed by atoms with E-state index < -0.39 is 5.60 Å². The number of hydrogen-bond donors (Lipinski definition) is 3. The Balaban J connectivity index is 0.000000273. The number of likely N-dealkylation sites (tertiary alicyclic amines) is 1. The molecule has 2 aliphatic rings. The second kappa shape index (κ2) is 14.5. The summed E-state index contributed by atoms with van der Waals surface area (Å²) in [5.41, 5.74) is 1.99. The second-order valence-electron chi connectivity index (χ2n) is 9.59. The number of pyridine rings is 1. The molecule has 4 aromatic rings. The highest BCUT2D eigenvalue weighted by Crippen LogP contribution is 2.32. The van der Waals surface area contributed by atoms with Crippen LogP contribution in [0.3, 0.4) is 0 Å². The molecule has 8 heteroatoms. The maximum Gasteiger partial charge on any atom is 0.289 e. The number of hydrogen-bond acceptors (Lipinski definition) is 5. The lowest BCUT2D eigenvalue weighted by Gasteiger charge is -2.23. The quantitative estimate of drug-likeness (QED) is 0.272. The summed E-state index contributed by atoms with van der Waals surface area (Å²) in [5.74, 6) is 0.799. The van der Waals surface area contributed by atoms with Gasteiger partial charge in [0.25, 0.3) is 5.91 Å². The highest BCUT2D eigenvalue weighted by Gasteiger charge is 2.40. The zero-order chi connectivity index (χ0) is 28.3. The Hall–Kier alpha value is -3.70. The van der Waals surface area contributed by atoms with Crippen LogP contribution in [-0.2, 0) is 5.60 Å². The normalized spacial score (nSPS) is 18.7. The summed E-state index contributed by atoms with van der Waals surface area (Å²) in [6, 6.07) is 13.6. The highest BCUT2D eigenvalue weighted by atomic mass is 16.3. The molecule has 1 saturated carbocycles. The van der Waals surface area contributed by atoms with Crippen LogP contribution in [0.15, 0.2) is 48.8 Å². The fraction of sp³-hybridized carbons (Fsp3) is 0.484. The summed E-state index contributed by atoms with van der Waals surface area (Å²) in [4.78, 5) is 29.5. The number of H-pyrrole nitrogens is 2. The van der Waals surface area contributed by atoms with Crippen molar-refractivity contribution in [2.75, 3.05) is 13.1 Å². The fourth-order valence-electron chi connectivity index (χ4n) is 5.20. The first kappa shape index (κ1) is 29.9. The molecule has 208 valence electrons. The summed E-state index contributed by atoms with van der Waals surface area (Å²) in [6.07, 6.45) is 11.5. The molecular weight excluding hydrogens is 488 g/mol. The van der Waals surface area contributed by atoms with Crippen molar-refractivity contribution in [1.29, 1.82) is 5.26 Å². The number of aromatic amines is 2. The van der Waals surface area contributed by atoms with Gasteiger partial charge in [0.1, 0.15) is 16.8 Å². The van der Waals surface area contributed by atoms with Crippen molar-refractivity contribution in [2.24, 2.45) is 5.92 Å². The molecule has 1 amide bonds. The van der Waals surface area contributed by atoms with Gasteiger partial charge < -0.3 is 20.0 Å². The Bertz CT molecular complexity index is 1350. The van der Waals surface area contributed by atoms with Gasteiger partial charge in [0.2, 0.25) is 0 Å². The van der Waals surface area contributed by atoms with Gasteiger partial charge in [-0.05, 0) is 36.8 Å². The van der Waals surface area contributed by atoms with Crippen LogP contribution >= 0.6 is 0 Å². The number of benzene rings is 1. The third kappa shape index (κ3) is 7.04. The predicted molar refractivity (Wildman–Crippen MR) is 156 cm³/mol. The summed E-state index contributed by atoms with van der Waals surface area (Å²) in [7, 11) is 0. The molecule has 1 aliphatic heterocycles. The Morgan fingerprint density at radius 1 is 1.13 bits per heavy atom. The van der Waals surface area contributed by atoms with Crippen LogP contribution in [0.25, 0.3) is 22.1 Å². The van der Waals surface area contributed by atoms with Crippen molar-refractivity contribution in [3.05, 3.63) is 60.2 Å². The summed E-state index contributed by atoms with van der Waals surface area (Å²) < 4.78 is 0. The average Bonchev–Trinajstić information content (AvgIpc) is 3.75. The van der Waals surface area contributed by atoms with Gasteiger partial charge >= 0.3 is 0 Å². The van der Waals surface area contributed by atoms with Crippen molar-refractivity contribution in [3.63, 3.8) is 0 Å². The minimum Gasteiger partial charge on any atom is -0.383 e. The molecule has 8 nitrogen and oxygen atoms in total. The number of nitriles is 1. The van der Waals surface area contributed by atoms with E-state index in [9.17, 15) is 9.90 Å². The largest absolute Gasteiger partial charge is 0.383 e. The first-order valence-electron chi connectivity index (χ1n) is 14.3. The molecule has 0 bridgehead atoms. The van der Waals surface area contributed by atoms with E-state index in [1.165, 1.54) is 32.1 Å². The number of nitrogens with zero attached hydrogens (tertiary/aromatic N) is 4. The van der Waals surface area contributed by atoms with Crippen LogP contribution in [0, 0.1) is 17.2 Å². The predicted octanol–water partition coefficient (Wildman–Crippen LogP) is 6.71. The molecule has 1 saturated heterocycles. The van der Waals surface area contributed by atoms with E-state index in [2.05, 4.69) is 26.0 Å². The number of carbonyl (C=O) groups excluding carboxylic acids is 1. The average molecular weight is 531 g/mol. The van der Waals surface area contributed by atoms with E-state index in [4.69, 9.17) is 5.26 Å². The second-order valence-corrected chi connectivity index (χ2v) is 9.59. The number of aromatic nitrogens is 4. The van der Waals surface area contributed by atoms with Crippen molar-refractivity contribution in [1.82, 2.24) is 24.8 Å². The molecule has 3 N–H and O–H groups in total. The SMILES string of the molecule is CC.CC.N#CCC1CCCCC1.O=C(c1nc2c(cnc3[nH]ccc32)[nH]1)N1CCC(O)(c2ccccc2)C1. The Labute approximate surface area is 231 Å². The van der Waals surface area contributed by atoms with Gasteiger partial charge in [0, 0.05) is 24.5 Å². The molecule has 6 rings (SSSR count). The molecular formula is C31H42N6O2. The van der Waals surface area contributed by atoms with Gasteiger partial charge in [-0.25, -0.2) is 9.97 Å². The summed E-state index contributed by atoms with van der Waals surface area (Å²) in [6.45, 7) is 8.74. The van der Waals surface area contributed by atoms with Gasteiger partial charge in [-0.1, -0.05) is 77.3 Å². The summed E-state index contributed by atoms with van der Waals surface area (Å²) in [5, 5.41) is 20.2. The monoisotopic (exact) mass is 530 g/mol. The molecule has 39 heavy (non-hydrogen) atoms. The summed E-state index contributed by atoms with van der Waals surface area (Å²) >= 11 is 0. The Kier molecular flexibility index (Phi) is 11.1. The fourth-order valence-corrected chi connectivity index (χ4v) is 5.20. The van der Waals surface area contributed by atoms with E-state index >= 15 is 0 Å². The number of imidazole rings is 1. The first-order valence-corrected chi connectivity index (χ1v) is 14.3. The standard InChI is InChI=1S/C19H17N5O2.C8H13N.2C2H6/c25-18(24-9-7-19(26,11-24)12-4-2-1-3-5-12)17-22-14-10-21-16-13(6-8-20-16)15(14)23-17;9-7-6-8-4-2-1-3-5-8;2*1-2/h1-6,8,10,26H,7,9,11H2,(H,20,21)(H,22,23);8H,1-6H2;2*1-2H3. The lowest BCUT2D eigenvalue weighted by molar-refractivity contribution is 0.0414. The molecule has 1 atom stereocenters. The van der Waals surface area contributed by atoms with Crippen molar-refractivity contribution < 1.29 is 9.90 Å². The van der Waals surface area contributed by atoms with Crippen LogP contribution in [-0.4, -0.2) is 48.9 Å². The highest BCUT2D eigenvalue weighted by molar-refractivity contribution is 6.03. The van der Waals surface area contributed by atoms with E-state index in [0.29, 0.717) is 13.0 Å². The molecule has 0 radical (unpaired) electrons. The first-order chi connectivity index (χ1) is 19.1. The van der Waals surface area contributed by atoms with Crippen LogP contribution in [0.5, 0.6) is 0 Å². The number of aliphatic hydroxyl groups is 1. The maximum atomic E-state index is 12.9. The van der Waals surface area contributed by atoms with Crippen LogP contribution in [0.1, 0.15) is 88.8 Å². The molecule has 4 heterocycles. The van der Waals surface area contributed by atoms with Crippen LogP contribution in [0.2, 0.25) is 0 Å². The lowest BCUT2D eigenvalue weighted by Crippen LogP contribution is -2.34. The third-order valence-electron chi connectivity index (χ3n) is 7.19. The molecule has 0 spiro atoms. The Morgan fingerprint density at radius 2 is 1.85 bits per heavy atom. The number of amides is 1.